The van der Waals surface area contributed by atoms with E-state index in [1.54, 1.807) is 0 Å². The second-order valence-electron chi connectivity index (χ2n) is 3.73. The van der Waals surface area contributed by atoms with Crippen LogP contribution in [-0.2, 0) is 4.79 Å². The number of alkyl halides is 6. The minimum atomic E-state index is -4.99. The summed E-state index contributed by atoms with van der Waals surface area (Å²) in [6, 6.07) is 0. The SMILES string of the molecule is O=CNCC1=CC(C(F)(F)F)C(C(F)(F)F)C=C1. The van der Waals surface area contributed by atoms with E-state index in [-0.39, 0.29) is 18.5 Å². The van der Waals surface area contributed by atoms with Crippen LogP contribution in [0.15, 0.2) is 23.8 Å². The minimum absolute atomic E-state index is 0.00933. The number of carbonyl (C=O) groups excluding carboxylic acids is 1. The molecule has 0 saturated carbocycles. The van der Waals surface area contributed by atoms with Gasteiger partial charge < -0.3 is 5.32 Å². The van der Waals surface area contributed by atoms with Crippen molar-refractivity contribution in [3.05, 3.63) is 23.8 Å². The fraction of sp³-hybridized carbons (Fsp3) is 0.500. The molecule has 0 fully saturated rings. The summed E-state index contributed by atoms with van der Waals surface area (Å²) in [4.78, 5) is 9.98. The van der Waals surface area contributed by atoms with E-state index >= 15 is 0 Å². The maximum atomic E-state index is 12.5. The highest BCUT2D eigenvalue weighted by Crippen LogP contribution is 2.44. The van der Waals surface area contributed by atoms with Crippen molar-refractivity contribution in [2.24, 2.45) is 11.8 Å². The fourth-order valence-electron chi connectivity index (χ4n) is 1.62. The minimum Gasteiger partial charge on any atom is -0.355 e. The Morgan fingerprint density at radius 3 is 2.11 bits per heavy atom. The van der Waals surface area contributed by atoms with Crippen molar-refractivity contribution in [3.8, 4) is 0 Å². The Bertz CT molecular complexity index is 368. The van der Waals surface area contributed by atoms with E-state index in [1.165, 1.54) is 0 Å². The van der Waals surface area contributed by atoms with Gasteiger partial charge in [0.2, 0.25) is 6.41 Å². The van der Waals surface area contributed by atoms with E-state index in [1.807, 2.05) is 0 Å². The summed E-state index contributed by atoms with van der Waals surface area (Å²) in [6.45, 7) is -0.239. The molecule has 2 nitrogen and oxygen atoms in total. The van der Waals surface area contributed by atoms with Crippen LogP contribution in [0.4, 0.5) is 26.3 Å². The Labute approximate surface area is 98.3 Å². The Morgan fingerprint density at radius 2 is 1.67 bits per heavy atom. The normalized spacial score (nSPS) is 24.7. The lowest BCUT2D eigenvalue weighted by atomic mass is 9.84. The van der Waals surface area contributed by atoms with Crippen molar-refractivity contribution in [3.63, 3.8) is 0 Å². The topological polar surface area (TPSA) is 29.1 Å². The predicted molar refractivity (Wildman–Crippen MR) is 50.4 cm³/mol. The van der Waals surface area contributed by atoms with E-state index in [4.69, 9.17) is 0 Å². The van der Waals surface area contributed by atoms with Crippen molar-refractivity contribution in [2.45, 2.75) is 12.4 Å². The molecule has 1 aliphatic rings. The standard InChI is InChI=1S/C10H9F6NO/c11-9(12,13)7-2-1-6(4-17-5-18)3-8(7)10(14,15)16/h1-3,5,7-8H,4H2,(H,17,18). The Morgan fingerprint density at radius 1 is 1.11 bits per heavy atom. The van der Waals surface area contributed by atoms with Crippen LogP contribution in [0.5, 0.6) is 0 Å². The first-order valence-corrected chi connectivity index (χ1v) is 4.85. The van der Waals surface area contributed by atoms with Crippen LogP contribution in [0.25, 0.3) is 0 Å². The molecule has 8 heteroatoms. The summed E-state index contributed by atoms with van der Waals surface area (Å²) in [6.07, 6.45) is -7.78. The van der Waals surface area contributed by atoms with Gasteiger partial charge in [0.1, 0.15) is 0 Å². The van der Waals surface area contributed by atoms with Gasteiger partial charge in [-0.15, -0.1) is 0 Å². The van der Waals surface area contributed by atoms with E-state index in [2.05, 4.69) is 5.32 Å². The van der Waals surface area contributed by atoms with E-state index in [0.717, 1.165) is 6.08 Å². The summed E-state index contributed by atoms with van der Waals surface area (Å²) < 4.78 is 75.0. The lowest BCUT2D eigenvalue weighted by molar-refractivity contribution is -0.231. The molecule has 1 N–H and O–H groups in total. The van der Waals surface area contributed by atoms with Crippen LogP contribution in [0.2, 0.25) is 0 Å². The highest BCUT2D eigenvalue weighted by atomic mass is 19.4. The van der Waals surface area contributed by atoms with Crippen molar-refractivity contribution in [1.82, 2.24) is 5.32 Å². The molecular formula is C10H9F6NO. The van der Waals surface area contributed by atoms with Crippen LogP contribution in [0.1, 0.15) is 0 Å². The molecule has 1 amide bonds. The highest BCUT2D eigenvalue weighted by Gasteiger charge is 2.53. The molecule has 1 rings (SSSR count). The lowest BCUT2D eigenvalue weighted by Crippen LogP contribution is -2.38. The molecule has 0 radical (unpaired) electrons. The van der Waals surface area contributed by atoms with Crippen LogP contribution in [0.3, 0.4) is 0 Å². The molecule has 1 aliphatic carbocycles. The third-order valence-electron chi connectivity index (χ3n) is 2.44. The zero-order valence-electron chi connectivity index (χ0n) is 8.85. The molecule has 2 unspecified atom stereocenters. The first kappa shape index (κ1) is 14.6. The maximum absolute atomic E-state index is 12.5. The molecule has 0 aromatic heterocycles. The maximum Gasteiger partial charge on any atom is 0.396 e. The molecular weight excluding hydrogens is 264 g/mol. The summed E-state index contributed by atoms with van der Waals surface area (Å²) in [5.74, 6) is -5.21. The quantitative estimate of drug-likeness (QED) is 0.621. The predicted octanol–water partition coefficient (Wildman–Crippen LogP) is 2.59. The highest BCUT2D eigenvalue weighted by molar-refractivity contribution is 5.47. The molecule has 0 heterocycles. The number of hydrogen-bond donors (Lipinski definition) is 1. The number of hydrogen-bond acceptors (Lipinski definition) is 1. The molecule has 102 valence electrons. The molecule has 18 heavy (non-hydrogen) atoms. The second-order valence-corrected chi connectivity index (χ2v) is 3.73. The van der Waals surface area contributed by atoms with Crippen LogP contribution < -0.4 is 5.32 Å². The monoisotopic (exact) mass is 273 g/mol. The molecule has 2 atom stereocenters. The summed E-state index contributed by atoms with van der Waals surface area (Å²) in [7, 11) is 0. The number of amides is 1. The number of halogens is 6. The van der Waals surface area contributed by atoms with Gasteiger partial charge >= 0.3 is 12.4 Å². The van der Waals surface area contributed by atoms with Crippen molar-refractivity contribution < 1.29 is 31.1 Å². The first-order valence-electron chi connectivity index (χ1n) is 4.85. The van der Waals surface area contributed by atoms with Crippen LogP contribution >= 0.6 is 0 Å². The van der Waals surface area contributed by atoms with Gasteiger partial charge in [0, 0.05) is 6.54 Å². The summed E-state index contributed by atoms with van der Waals surface area (Å²) in [5, 5.41) is 2.09. The molecule has 0 spiro atoms. The Balaban J connectivity index is 2.98. The zero-order chi connectivity index (χ0) is 14.0. The average molecular weight is 273 g/mol. The molecule has 0 aliphatic heterocycles. The van der Waals surface area contributed by atoms with Gasteiger partial charge in [0.15, 0.2) is 0 Å². The van der Waals surface area contributed by atoms with Gasteiger partial charge in [-0.3, -0.25) is 4.79 Å². The molecule has 0 aromatic carbocycles. The zero-order valence-corrected chi connectivity index (χ0v) is 8.85. The van der Waals surface area contributed by atoms with E-state index in [0.29, 0.717) is 12.2 Å². The van der Waals surface area contributed by atoms with Gasteiger partial charge in [-0.1, -0.05) is 18.2 Å². The van der Waals surface area contributed by atoms with Crippen LogP contribution in [-0.4, -0.2) is 25.3 Å². The van der Waals surface area contributed by atoms with Gasteiger partial charge in [0.25, 0.3) is 0 Å². The van der Waals surface area contributed by atoms with Gasteiger partial charge in [-0.25, -0.2) is 0 Å². The third-order valence-corrected chi connectivity index (χ3v) is 2.44. The Hall–Kier alpha value is -1.47. The smallest absolute Gasteiger partial charge is 0.355 e. The average Bonchev–Trinajstić information content (AvgIpc) is 2.23. The van der Waals surface area contributed by atoms with Gasteiger partial charge in [0.05, 0.1) is 11.8 Å². The van der Waals surface area contributed by atoms with E-state index in [9.17, 15) is 31.1 Å². The van der Waals surface area contributed by atoms with Gasteiger partial charge in [-0.2, -0.15) is 26.3 Å². The van der Waals surface area contributed by atoms with Crippen molar-refractivity contribution >= 4 is 6.41 Å². The molecule has 0 saturated heterocycles. The van der Waals surface area contributed by atoms with E-state index < -0.39 is 24.2 Å². The Kier molecular flexibility index (Phi) is 4.08. The third kappa shape index (κ3) is 3.51. The number of rotatable bonds is 3. The fourth-order valence-corrected chi connectivity index (χ4v) is 1.62. The van der Waals surface area contributed by atoms with Crippen molar-refractivity contribution in [2.75, 3.05) is 6.54 Å². The summed E-state index contributed by atoms with van der Waals surface area (Å²) >= 11 is 0. The number of carbonyl (C=O) groups is 1. The molecule has 0 bridgehead atoms. The van der Waals surface area contributed by atoms with Gasteiger partial charge in [-0.05, 0) is 5.57 Å². The summed E-state index contributed by atoms with van der Waals surface area (Å²) in [5.41, 5.74) is -0.00933. The number of nitrogens with one attached hydrogen (secondary N) is 1. The largest absolute Gasteiger partial charge is 0.396 e. The second kappa shape index (κ2) is 5.03. The number of allylic oxidation sites excluding steroid dienone is 2. The van der Waals surface area contributed by atoms with Crippen LogP contribution in [0, 0.1) is 11.8 Å². The molecule has 0 aromatic rings. The van der Waals surface area contributed by atoms with Crippen molar-refractivity contribution in [1.29, 1.82) is 0 Å². The first-order chi connectivity index (χ1) is 8.16. The lowest BCUT2D eigenvalue weighted by Gasteiger charge is -2.29.